The standard InChI is InChI=1S/C18H18F2N2O2/c19-15-6-4-12(9-16(15)20)17-10-14(23)11-22(17)18(24)7-5-13-3-1-2-8-21-13/h1-4,6,8-9,14,17,23H,5,7,10-11H2. The zero-order chi connectivity index (χ0) is 17.1. The van der Waals surface area contributed by atoms with Gasteiger partial charge in [-0.3, -0.25) is 9.78 Å². The number of rotatable bonds is 4. The third-order valence-corrected chi connectivity index (χ3v) is 4.25. The van der Waals surface area contributed by atoms with E-state index in [-0.39, 0.29) is 18.9 Å². The van der Waals surface area contributed by atoms with Gasteiger partial charge >= 0.3 is 0 Å². The van der Waals surface area contributed by atoms with Crippen molar-refractivity contribution in [1.82, 2.24) is 9.88 Å². The average molecular weight is 332 g/mol. The van der Waals surface area contributed by atoms with E-state index < -0.39 is 23.8 Å². The van der Waals surface area contributed by atoms with Gasteiger partial charge in [0.15, 0.2) is 11.6 Å². The number of pyridine rings is 1. The van der Waals surface area contributed by atoms with Crippen molar-refractivity contribution in [3.05, 3.63) is 65.5 Å². The van der Waals surface area contributed by atoms with Crippen molar-refractivity contribution in [3.63, 3.8) is 0 Å². The van der Waals surface area contributed by atoms with Crippen LogP contribution in [-0.4, -0.2) is 33.5 Å². The Labute approximate surface area is 138 Å². The van der Waals surface area contributed by atoms with Crippen molar-refractivity contribution < 1.29 is 18.7 Å². The van der Waals surface area contributed by atoms with Gasteiger partial charge in [0.2, 0.25) is 5.91 Å². The van der Waals surface area contributed by atoms with Crippen LogP contribution in [0.4, 0.5) is 8.78 Å². The maximum atomic E-state index is 13.5. The molecule has 1 amide bonds. The van der Waals surface area contributed by atoms with Crippen LogP contribution in [0.15, 0.2) is 42.6 Å². The minimum Gasteiger partial charge on any atom is -0.391 e. The van der Waals surface area contributed by atoms with Gasteiger partial charge in [-0.15, -0.1) is 0 Å². The highest BCUT2D eigenvalue weighted by Crippen LogP contribution is 2.33. The summed E-state index contributed by atoms with van der Waals surface area (Å²) in [6, 6.07) is 8.67. The molecule has 1 aromatic carbocycles. The van der Waals surface area contributed by atoms with E-state index >= 15 is 0 Å². The van der Waals surface area contributed by atoms with E-state index in [0.29, 0.717) is 18.4 Å². The Morgan fingerprint density at radius 1 is 1.25 bits per heavy atom. The largest absolute Gasteiger partial charge is 0.391 e. The van der Waals surface area contributed by atoms with Crippen LogP contribution in [0.3, 0.4) is 0 Å². The molecule has 4 nitrogen and oxygen atoms in total. The molecule has 2 unspecified atom stereocenters. The quantitative estimate of drug-likeness (QED) is 0.936. The summed E-state index contributed by atoms with van der Waals surface area (Å²) in [6.07, 6.45) is 2.08. The normalized spacial score (nSPS) is 20.4. The van der Waals surface area contributed by atoms with E-state index in [9.17, 15) is 18.7 Å². The predicted octanol–water partition coefficient (Wildman–Crippen LogP) is 2.63. The number of likely N-dealkylation sites (tertiary alicyclic amines) is 1. The SMILES string of the molecule is O=C(CCc1ccccn1)N1CC(O)CC1c1ccc(F)c(F)c1. The molecule has 1 aliphatic rings. The molecule has 3 rings (SSSR count). The molecule has 0 radical (unpaired) electrons. The summed E-state index contributed by atoms with van der Waals surface area (Å²) in [5, 5.41) is 9.92. The summed E-state index contributed by atoms with van der Waals surface area (Å²) in [7, 11) is 0. The first-order valence-electron chi connectivity index (χ1n) is 7.87. The molecule has 0 aliphatic carbocycles. The minimum absolute atomic E-state index is 0.132. The molecular formula is C18H18F2N2O2. The number of aliphatic hydroxyl groups is 1. The first kappa shape index (κ1) is 16.5. The molecule has 1 saturated heterocycles. The Morgan fingerprint density at radius 2 is 2.08 bits per heavy atom. The number of nitrogens with zero attached hydrogens (tertiary/aromatic N) is 2. The van der Waals surface area contributed by atoms with Gasteiger partial charge in [0.1, 0.15) is 0 Å². The summed E-state index contributed by atoms with van der Waals surface area (Å²) >= 11 is 0. The van der Waals surface area contributed by atoms with Gasteiger partial charge in [-0.25, -0.2) is 8.78 Å². The van der Waals surface area contributed by atoms with Crippen LogP contribution < -0.4 is 0 Å². The summed E-state index contributed by atoms with van der Waals surface area (Å²) in [5.74, 6) is -2.01. The second-order valence-electron chi connectivity index (χ2n) is 5.95. The topological polar surface area (TPSA) is 53.4 Å². The average Bonchev–Trinajstić information content (AvgIpc) is 2.98. The van der Waals surface area contributed by atoms with Gasteiger partial charge in [-0.05, 0) is 42.7 Å². The summed E-state index contributed by atoms with van der Waals surface area (Å²) < 4.78 is 26.6. The monoisotopic (exact) mass is 332 g/mol. The molecule has 6 heteroatoms. The molecule has 1 aromatic heterocycles. The highest BCUT2D eigenvalue weighted by Gasteiger charge is 2.35. The molecule has 24 heavy (non-hydrogen) atoms. The van der Waals surface area contributed by atoms with Crippen molar-refractivity contribution in [3.8, 4) is 0 Å². The highest BCUT2D eigenvalue weighted by molar-refractivity contribution is 5.77. The fraction of sp³-hybridized carbons (Fsp3) is 0.333. The molecule has 2 aromatic rings. The third kappa shape index (κ3) is 3.59. The second kappa shape index (κ2) is 7.05. The van der Waals surface area contributed by atoms with Crippen molar-refractivity contribution in [2.75, 3.05) is 6.54 Å². The molecule has 0 saturated carbocycles. The molecule has 0 spiro atoms. The molecule has 2 atom stereocenters. The summed E-state index contributed by atoms with van der Waals surface area (Å²) in [4.78, 5) is 18.2. The molecule has 1 fully saturated rings. The number of aryl methyl sites for hydroxylation is 1. The Morgan fingerprint density at radius 3 is 2.79 bits per heavy atom. The van der Waals surface area contributed by atoms with Crippen LogP contribution >= 0.6 is 0 Å². The number of hydrogen-bond acceptors (Lipinski definition) is 3. The molecule has 1 aliphatic heterocycles. The zero-order valence-corrected chi connectivity index (χ0v) is 13.0. The number of halogens is 2. The molecule has 2 heterocycles. The minimum atomic E-state index is -0.949. The lowest BCUT2D eigenvalue weighted by atomic mass is 10.0. The maximum absolute atomic E-state index is 13.5. The number of benzene rings is 1. The number of aliphatic hydroxyl groups excluding tert-OH is 1. The van der Waals surface area contributed by atoms with Crippen LogP contribution in [0.1, 0.15) is 30.1 Å². The Kier molecular flexibility index (Phi) is 4.85. The lowest BCUT2D eigenvalue weighted by Gasteiger charge is -2.25. The molecule has 126 valence electrons. The van der Waals surface area contributed by atoms with Crippen LogP contribution in [0.25, 0.3) is 0 Å². The number of hydrogen-bond donors (Lipinski definition) is 1. The van der Waals surface area contributed by atoms with E-state index in [2.05, 4.69) is 4.98 Å². The van der Waals surface area contributed by atoms with Gasteiger partial charge in [0, 0.05) is 24.9 Å². The zero-order valence-electron chi connectivity index (χ0n) is 13.0. The van der Waals surface area contributed by atoms with E-state index in [1.807, 2.05) is 12.1 Å². The second-order valence-corrected chi connectivity index (χ2v) is 5.95. The number of carbonyl (C=O) groups is 1. The van der Waals surface area contributed by atoms with E-state index in [4.69, 9.17) is 0 Å². The van der Waals surface area contributed by atoms with Crippen molar-refractivity contribution in [2.24, 2.45) is 0 Å². The lowest BCUT2D eigenvalue weighted by Crippen LogP contribution is -2.32. The maximum Gasteiger partial charge on any atom is 0.223 e. The Hall–Kier alpha value is -2.34. The summed E-state index contributed by atoms with van der Waals surface area (Å²) in [5.41, 5.74) is 1.31. The van der Waals surface area contributed by atoms with Crippen LogP contribution in [-0.2, 0) is 11.2 Å². The van der Waals surface area contributed by atoms with Crippen LogP contribution in [0, 0.1) is 11.6 Å². The number of carbonyl (C=O) groups excluding carboxylic acids is 1. The molecule has 1 N–H and O–H groups in total. The number of aromatic nitrogens is 1. The van der Waals surface area contributed by atoms with Crippen molar-refractivity contribution >= 4 is 5.91 Å². The fourth-order valence-electron chi connectivity index (χ4n) is 3.05. The van der Waals surface area contributed by atoms with E-state index in [1.165, 1.54) is 6.07 Å². The van der Waals surface area contributed by atoms with E-state index in [0.717, 1.165) is 17.8 Å². The smallest absolute Gasteiger partial charge is 0.223 e. The molecule has 0 bridgehead atoms. The Bertz CT molecular complexity index is 724. The Balaban J connectivity index is 1.72. The highest BCUT2D eigenvalue weighted by atomic mass is 19.2. The van der Waals surface area contributed by atoms with Crippen molar-refractivity contribution in [2.45, 2.75) is 31.4 Å². The van der Waals surface area contributed by atoms with E-state index in [1.54, 1.807) is 17.2 Å². The van der Waals surface area contributed by atoms with Gasteiger partial charge in [-0.1, -0.05) is 12.1 Å². The van der Waals surface area contributed by atoms with Crippen molar-refractivity contribution in [1.29, 1.82) is 0 Å². The van der Waals surface area contributed by atoms with Gasteiger partial charge in [0.25, 0.3) is 0 Å². The summed E-state index contributed by atoms with van der Waals surface area (Å²) in [6.45, 7) is 0.199. The predicted molar refractivity (Wildman–Crippen MR) is 84.0 cm³/mol. The van der Waals surface area contributed by atoms with Crippen LogP contribution in [0.2, 0.25) is 0 Å². The number of β-amino-alcohol motifs (C(OH)–C–C–N with tert-alkyl or cyclic N) is 1. The van der Waals surface area contributed by atoms with Gasteiger partial charge < -0.3 is 10.0 Å². The fourth-order valence-corrected chi connectivity index (χ4v) is 3.05. The number of amides is 1. The first-order valence-corrected chi connectivity index (χ1v) is 7.87. The third-order valence-electron chi connectivity index (χ3n) is 4.25. The van der Waals surface area contributed by atoms with Gasteiger partial charge in [-0.2, -0.15) is 0 Å². The van der Waals surface area contributed by atoms with Gasteiger partial charge in [0.05, 0.1) is 12.1 Å². The first-order chi connectivity index (χ1) is 11.5. The lowest BCUT2D eigenvalue weighted by molar-refractivity contribution is -0.132. The van der Waals surface area contributed by atoms with Crippen LogP contribution in [0.5, 0.6) is 0 Å². The molecular weight excluding hydrogens is 314 g/mol.